The predicted molar refractivity (Wildman–Crippen MR) is 63.9 cm³/mol. The number of hydrogen-bond acceptors (Lipinski definition) is 4. The fourth-order valence-electron chi connectivity index (χ4n) is 1.99. The van der Waals surface area contributed by atoms with Crippen LogP contribution in [0.3, 0.4) is 0 Å². The third-order valence-electron chi connectivity index (χ3n) is 2.87. The molecule has 0 unspecified atom stereocenters. The molecule has 1 aliphatic heterocycles. The second kappa shape index (κ2) is 4.37. The topological polar surface area (TPSA) is 78.3 Å². The highest BCUT2D eigenvalue weighted by Crippen LogP contribution is 2.38. The molecule has 0 atom stereocenters. The van der Waals surface area contributed by atoms with E-state index in [4.69, 9.17) is 5.14 Å². The normalized spacial score (nSPS) is 23.0. The summed E-state index contributed by atoms with van der Waals surface area (Å²) < 4.78 is 0. The maximum absolute atomic E-state index is 12.0. The molecule has 0 aliphatic carbocycles. The monoisotopic (exact) mass is 244 g/mol. The van der Waals surface area contributed by atoms with Gasteiger partial charge in [-0.3, -0.25) is 9.93 Å². The first-order valence-electron chi connectivity index (χ1n) is 5.06. The molecular weight excluding hydrogens is 226 g/mol. The Balaban J connectivity index is 2.77. The van der Waals surface area contributed by atoms with Gasteiger partial charge in [-0.25, -0.2) is 0 Å². The fourth-order valence-corrected chi connectivity index (χ4v) is 2.14. The number of nitrogens with zero attached hydrogens (tertiary/aromatic N) is 1. The smallest absolute Gasteiger partial charge is 0.294 e. The van der Waals surface area contributed by atoms with Gasteiger partial charge >= 0.3 is 0 Å². The molecule has 0 aromatic rings. The lowest BCUT2D eigenvalue weighted by molar-refractivity contribution is -0.238. The van der Waals surface area contributed by atoms with Crippen molar-refractivity contribution in [3.8, 4) is 0 Å². The third kappa shape index (κ3) is 2.40. The van der Waals surface area contributed by atoms with Crippen molar-refractivity contribution in [2.24, 2.45) is 5.14 Å². The standard InChI is InChI=1S/C10H18N3O2S/c1-9(2)5-7(6-12-8(14)16-11)10(3,4)13(9)15/h5H,6,11H2,1-4H3,(H,12,14). The fraction of sp³-hybridized carbons (Fsp3) is 0.700. The molecule has 5 nitrogen and oxygen atoms in total. The van der Waals surface area contributed by atoms with Crippen LogP contribution in [0, 0.1) is 0 Å². The van der Waals surface area contributed by atoms with E-state index >= 15 is 0 Å². The van der Waals surface area contributed by atoms with Gasteiger partial charge in [-0.05, 0) is 33.3 Å². The van der Waals surface area contributed by atoms with Crippen LogP contribution >= 0.6 is 11.9 Å². The van der Waals surface area contributed by atoms with Crippen molar-refractivity contribution in [3.63, 3.8) is 0 Å². The van der Waals surface area contributed by atoms with E-state index in [9.17, 15) is 10.0 Å². The first-order chi connectivity index (χ1) is 7.21. The van der Waals surface area contributed by atoms with Gasteiger partial charge in [0.2, 0.25) is 0 Å². The highest BCUT2D eigenvalue weighted by Gasteiger charge is 2.46. The van der Waals surface area contributed by atoms with Gasteiger partial charge in [0.05, 0.1) is 11.1 Å². The molecule has 91 valence electrons. The minimum Gasteiger partial charge on any atom is -0.342 e. The van der Waals surface area contributed by atoms with E-state index < -0.39 is 11.1 Å². The van der Waals surface area contributed by atoms with E-state index in [2.05, 4.69) is 5.32 Å². The van der Waals surface area contributed by atoms with Crippen molar-refractivity contribution in [1.29, 1.82) is 0 Å². The van der Waals surface area contributed by atoms with Crippen LogP contribution in [0.4, 0.5) is 4.79 Å². The lowest BCUT2D eigenvalue weighted by Crippen LogP contribution is -2.47. The number of rotatable bonds is 2. The van der Waals surface area contributed by atoms with Gasteiger partial charge in [0.15, 0.2) is 0 Å². The van der Waals surface area contributed by atoms with E-state index in [0.29, 0.717) is 18.5 Å². The largest absolute Gasteiger partial charge is 0.342 e. The van der Waals surface area contributed by atoms with Crippen molar-refractivity contribution < 1.29 is 10.0 Å². The van der Waals surface area contributed by atoms with Gasteiger partial charge in [-0.15, -0.1) is 10.3 Å². The van der Waals surface area contributed by atoms with Crippen LogP contribution in [0.1, 0.15) is 27.7 Å². The van der Waals surface area contributed by atoms with Gasteiger partial charge in [0, 0.05) is 18.5 Å². The van der Waals surface area contributed by atoms with Crippen LogP contribution in [0.15, 0.2) is 11.6 Å². The average molecular weight is 244 g/mol. The van der Waals surface area contributed by atoms with Gasteiger partial charge in [0.1, 0.15) is 0 Å². The molecule has 0 saturated heterocycles. The number of nitrogens with two attached hydrogens (primary N) is 1. The number of amides is 1. The molecule has 1 amide bonds. The maximum atomic E-state index is 12.0. The van der Waals surface area contributed by atoms with Crippen LogP contribution in [-0.2, 0) is 5.21 Å². The summed E-state index contributed by atoms with van der Waals surface area (Å²) in [4.78, 5) is 11.0. The summed E-state index contributed by atoms with van der Waals surface area (Å²) in [5.74, 6) is 0. The molecule has 0 bridgehead atoms. The summed E-state index contributed by atoms with van der Waals surface area (Å²) in [6, 6.07) is 0. The Bertz CT molecular complexity index is 326. The van der Waals surface area contributed by atoms with Gasteiger partial charge in [-0.2, -0.15) is 0 Å². The first-order valence-corrected chi connectivity index (χ1v) is 5.94. The molecule has 1 aliphatic rings. The highest BCUT2D eigenvalue weighted by molar-refractivity contribution is 8.11. The second-order valence-electron chi connectivity index (χ2n) is 4.94. The lowest BCUT2D eigenvalue weighted by atomic mass is 9.97. The Morgan fingerprint density at radius 3 is 2.44 bits per heavy atom. The molecule has 1 rings (SSSR count). The third-order valence-corrected chi connectivity index (χ3v) is 3.23. The maximum Gasteiger partial charge on any atom is 0.294 e. The van der Waals surface area contributed by atoms with Crippen LogP contribution in [0.5, 0.6) is 0 Å². The van der Waals surface area contributed by atoms with Crippen molar-refractivity contribution in [2.45, 2.75) is 38.8 Å². The highest BCUT2D eigenvalue weighted by atomic mass is 32.2. The van der Waals surface area contributed by atoms with Gasteiger partial charge in [-0.1, -0.05) is 6.08 Å². The van der Waals surface area contributed by atoms with Crippen molar-refractivity contribution in [3.05, 3.63) is 11.6 Å². The van der Waals surface area contributed by atoms with Crippen molar-refractivity contribution in [1.82, 2.24) is 10.4 Å². The molecule has 0 aromatic heterocycles. The van der Waals surface area contributed by atoms with Crippen LogP contribution in [0.2, 0.25) is 0 Å². The van der Waals surface area contributed by atoms with E-state index in [1.165, 1.54) is 0 Å². The summed E-state index contributed by atoms with van der Waals surface area (Å²) >= 11 is 0.640. The lowest BCUT2D eigenvalue weighted by Gasteiger charge is -2.34. The van der Waals surface area contributed by atoms with Crippen LogP contribution < -0.4 is 10.5 Å². The summed E-state index contributed by atoms with van der Waals surface area (Å²) in [5, 5.41) is 20.5. The Labute approximate surface area is 100 Å². The SMILES string of the molecule is CC1(C)C=C(CNC(=O)SN)C(C)(C)N1[O]. The molecule has 0 fully saturated rings. The molecule has 0 spiro atoms. The number of carbonyl (C=O) groups is 1. The zero-order valence-electron chi connectivity index (χ0n) is 10.0. The van der Waals surface area contributed by atoms with Gasteiger partial charge in [0.25, 0.3) is 5.24 Å². The molecule has 3 N–H and O–H groups in total. The summed E-state index contributed by atoms with van der Waals surface area (Å²) in [6.45, 7) is 7.77. The van der Waals surface area contributed by atoms with E-state index in [0.717, 1.165) is 10.6 Å². The Morgan fingerprint density at radius 2 is 2.06 bits per heavy atom. The molecular formula is C10H18N3O2S. The minimum absolute atomic E-state index is 0.293. The first kappa shape index (κ1) is 13.5. The molecule has 0 aromatic carbocycles. The number of hydroxylamine groups is 2. The Kier molecular flexibility index (Phi) is 3.69. The molecule has 0 saturated carbocycles. The predicted octanol–water partition coefficient (Wildman–Crippen LogP) is 1.45. The zero-order chi connectivity index (χ0) is 12.6. The molecule has 1 heterocycles. The Morgan fingerprint density at radius 1 is 1.50 bits per heavy atom. The van der Waals surface area contributed by atoms with E-state index in [1.807, 2.05) is 33.8 Å². The number of carbonyl (C=O) groups excluding carboxylic acids is 1. The quantitative estimate of drug-likeness (QED) is 0.569. The van der Waals surface area contributed by atoms with Gasteiger partial charge < -0.3 is 5.32 Å². The van der Waals surface area contributed by atoms with Crippen LogP contribution in [0.25, 0.3) is 0 Å². The van der Waals surface area contributed by atoms with E-state index in [-0.39, 0.29) is 5.24 Å². The van der Waals surface area contributed by atoms with Crippen molar-refractivity contribution in [2.75, 3.05) is 6.54 Å². The molecule has 1 radical (unpaired) electrons. The number of nitrogens with one attached hydrogen (secondary N) is 1. The zero-order valence-corrected chi connectivity index (χ0v) is 10.9. The summed E-state index contributed by atoms with van der Waals surface area (Å²) in [5.41, 5.74) is -0.204. The average Bonchev–Trinajstić information content (AvgIpc) is 2.35. The van der Waals surface area contributed by atoms with Crippen LogP contribution in [-0.4, -0.2) is 27.9 Å². The van der Waals surface area contributed by atoms with E-state index in [1.54, 1.807) is 0 Å². The summed E-state index contributed by atoms with van der Waals surface area (Å²) in [7, 11) is 0. The number of hydrogen-bond donors (Lipinski definition) is 2. The Hall–Kier alpha value is -0.560. The van der Waals surface area contributed by atoms with Crippen molar-refractivity contribution >= 4 is 17.2 Å². The molecule has 6 heteroatoms. The minimum atomic E-state index is -0.587. The molecule has 16 heavy (non-hydrogen) atoms. The summed E-state index contributed by atoms with van der Waals surface area (Å²) in [6.07, 6.45) is 1.90. The second-order valence-corrected chi connectivity index (χ2v) is 5.54.